The largest absolute Gasteiger partial charge is 0.301 e. The highest BCUT2D eigenvalue weighted by Crippen LogP contribution is 2.71. The van der Waals surface area contributed by atoms with Gasteiger partial charge in [-0.1, -0.05) is 121 Å². The molecule has 0 bridgehead atoms. The summed E-state index contributed by atoms with van der Waals surface area (Å²) < 4.78 is 40.0. The Bertz CT molecular complexity index is 2430. The summed E-state index contributed by atoms with van der Waals surface area (Å²) in [6.45, 7) is 0. The van der Waals surface area contributed by atoms with Gasteiger partial charge in [-0.15, -0.1) is 0 Å². The van der Waals surface area contributed by atoms with Gasteiger partial charge in [0.2, 0.25) is 0 Å². The molecule has 56 heavy (non-hydrogen) atoms. The van der Waals surface area contributed by atoms with E-state index in [-0.39, 0.29) is 0 Å². The van der Waals surface area contributed by atoms with Gasteiger partial charge in [-0.3, -0.25) is 27.8 Å². The Labute approximate surface area is 327 Å². The summed E-state index contributed by atoms with van der Waals surface area (Å²) in [7, 11) is -6.99. The summed E-state index contributed by atoms with van der Waals surface area (Å²) in [6.07, 6.45) is 0. The predicted octanol–water partition coefficient (Wildman–Crippen LogP) is 13.0. The van der Waals surface area contributed by atoms with E-state index in [0.29, 0.717) is 10.6 Å². The minimum absolute atomic E-state index is 0.715. The van der Waals surface area contributed by atoms with Gasteiger partial charge in [0.15, 0.2) is 0 Å². The minimum atomic E-state index is -3.49. The van der Waals surface area contributed by atoms with E-state index in [1.807, 2.05) is 237 Å². The Morgan fingerprint density at radius 3 is 0.696 bits per heavy atom. The average molecular weight is 763 g/mol. The van der Waals surface area contributed by atoms with Crippen LogP contribution in [0.15, 0.2) is 218 Å². The number of hydrogen-bond donors (Lipinski definition) is 0. The molecule has 0 saturated carbocycles. The van der Waals surface area contributed by atoms with Crippen molar-refractivity contribution in [2.45, 2.75) is 0 Å². The van der Waals surface area contributed by atoms with Crippen LogP contribution in [-0.4, -0.2) is 0 Å². The van der Waals surface area contributed by atoms with Crippen LogP contribution in [0.1, 0.15) is 0 Å². The molecule has 270 valence electrons. The number of rotatable bonds is 7. The molecule has 0 spiro atoms. The molecule has 8 aromatic carbocycles. The Balaban J connectivity index is 1.06. The van der Waals surface area contributed by atoms with Gasteiger partial charge in [-0.25, -0.2) is 0 Å². The molecule has 0 amide bonds. The van der Waals surface area contributed by atoms with Crippen molar-refractivity contribution in [3.63, 3.8) is 0 Å². The van der Waals surface area contributed by atoms with Crippen molar-refractivity contribution in [3.8, 4) is 11.1 Å². The molecule has 0 aliphatic carbocycles. The van der Waals surface area contributed by atoms with E-state index in [2.05, 4.69) is 0 Å². The Morgan fingerprint density at radius 2 is 0.464 bits per heavy atom. The second kappa shape index (κ2) is 13.6. The van der Waals surface area contributed by atoms with Crippen LogP contribution in [0, 0.1) is 0 Å². The van der Waals surface area contributed by atoms with Gasteiger partial charge < -0.3 is 0 Å². The Hall–Kier alpha value is -6.58. The zero-order chi connectivity index (χ0) is 37.7. The lowest BCUT2D eigenvalue weighted by molar-refractivity contribution is 0.581. The number of fused-ring (bicyclic) bond motifs is 2. The third kappa shape index (κ3) is 5.26. The van der Waals surface area contributed by atoms with Crippen molar-refractivity contribution in [3.05, 3.63) is 218 Å². The van der Waals surface area contributed by atoms with Crippen LogP contribution in [0.4, 0.5) is 45.5 Å². The molecule has 0 unspecified atom stereocenters. The second-order valence-corrected chi connectivity index (χ2v) is 18.6. The highest BCUT2D eigenvalue weighted by molar-refractivity contribution is 7.76. The van der Waals surface area contributed by atoms with Crippen molar-refractivity contribution in [2.24, 2.45) is 0 Å². The van der Waals surface area contributed by atoms with Crippen molar-refractivity contribution >= 4 is 71.0 Å². The maximum Gasteiger partial charge on any atom is 0.301 e. The molecule has 0 aromatic heterocycles. The fourth-order valence-electron chi connectivity index (χ4n) is 8.02. The van der Waals surface area contributed by atoms with Crippen molar-refractivity contribution in [1.29, 1.82) is 0 Å². The first-order valence-electron chi connectivity index (χ1n) is 18.6. The number of benzene rings is 8. The SMILES string of the molecule is O=P1(c2ccc(-c3ccc(P4(=O)N(c5ccccc5)c5ccccc5N4c4ccccc4)cc3)cc2)N(c2ccccc2)c2ccccc2N1c1ccccc1. The Kier molecular flexibility index (Phi) is 8.26. The first-order valence-corrected chi connectivity index (χ1v) is 21.8. The average Bonchev–Trinajstić information content (AvgIpc) is 3.70. The van der Waals surface area contributed by atoms with E-state index < -0.39 is 14.9 Å². The maximum atomic E-state index is 16.0. The highest BCUT2D eigenvalue weighted by atomic mass is 31.2. The summed E-state index contributed by atoms with van der Waals surface area (Å²) >= 11 is 0. The molecule has 10 rings (SSSR count). The smallest absolute Gasteiger partial charge is 0.270 e. The van der Waals surface area contributed by atoms with Crippen LogP contribution >= 0.6 is 14.9 Å². The van der Waals surface area contributed by atoms with Crippen molar-refractivity contribution in [1.82, 2.24) is 0 Å². The van der Waals surface area contributed by atoms with E-state index in [1.54, 1.807) is 0 Å². The van der Waals surface area contributed by atoms with E-state index in [1.165, 1.54) is 0 Å². The zero-order valence-corrected chi connectivity index (χ0v) is 32.1. The summed E-state index contributed by atoms with van der Waals surface area (Å²) in [5.74, 6) is 0. The van der Waals surface area contributed by atoms with Gasteiger partial charge in [0.25, 0.3) is 0 Å². The molecule has 6 nitrogen and oxygen atoms in total. The third-order valence-corrected chi connectivity index (χ3v) is 16.4. The van der Waals surface area contributed by atoms with Gasteiger partial charge >= 0.3 is 14.9 Å². The highest BCUT2D eigenvalue weighted by Gasteiger charge is 2.50. The first kappa shape index (κ1) is 33.9. The van der Waals surface area contributed by atoms with Crippen LogP contribution in [0.25, 0.3) is 11.1 Å². The molecule has 8 heteroatoms. The molecule has 0 saturated heterocycles. The van der Waals surface area contributed by atoms with Crippen molar-refractivity contribution < 1.29 is 9.13 Å². The van der Waals surface area contributed by atoms with Crippen molar-refractivity contribution in [2.75, 3.05) is 18.7 Å². The monoisotopic (exact) mass is 762 g/mol. The lowest BCUT2D eigenvalue weighted by Gasteiger charge is -2.33. The second-order valence-electron chi connectivity index (χ2n) is 13.7. The standard InChI is InChI=1S/C48H36N4O2P2/c53-55(49(39-17-5-1-6-18-39)45-25-13-14-26-46(45)50(55)40-19-7-2-8-20-40)43-33-29-37(30-34-43)38-31-35-44(36-32-38)56(54)51(41-21-9-3-10-22-41)47-27-15-16-28-48(47)52(56)42-23-11-4-12-24-42/h1-36H. The third-order valence-electron chi connectivity index (χ3n) is 10.5. The molecule has 0 atom stereocenters. The van der Waals surface area contributed by atoms with Crippen LogP contribution < -0.4 is 29.3 Å². The lowest BCUT2D eigenvalue weighted by atomic mass is 10.1. The van der Waals surface area contributed by atoms with E-state index in [0.717, 1.165) is 56.6 Å². The van der Waals surface area contributed by atoms with Gasteiger partial charge in [0, 0.05) is 22.7 Å². The molecule has 0 fully saturated rings. The lowest BCUT2D eigenvalue weighted by Crippen LogP contribution is -2.26. The van der Waals surface area contributed by atoms with E-state index in [9.17, 15) is 0 Å². The summed E-state index contributed by atoms with van der Waals surface area (Å²) in [5, 5.41) is 1.43. The minimum Gasteiger partial charge on any atom is -0.270 e. The molecule has 0 N–H and O–H groups in total. The van der Waals surface area contributed by atoms with Crippen LogP contribution in [0.3, 0.4) is 0 Å². The quantitative estimate of drug-likeness (QED) is 0.151. The van der Waals surface area contributed by atoms with E-state index >= 15 is 9.13 Å². The fraction of sp³-hybridized carbons (Fsp3) is 0. The molecule has 2 heterocycles. The van der Waals surface area contributed by atoms with Gasteiger partial charge in [-0.05, 0) is 108 Å². The summed E-state index contributed by atoms with van der Waals surface area (Å²) in [5.41, 5.74) is 8.94. The Morgan fingerprint density at radius 1 is 0.250 bits per heavy atom. The van der Waals surface area contributed by atoms with Crippen LogP contribution in [0.5, 0.6) is 0 Å². The van der Waals surface area contributed by atoms with Crippen LogP contribution in [0.2, 0.25) is 0 Å². The van der Waals surface area contributed by atoms with Gasteiger partial charge in [-0.2, -0.15) is 0 Å². The summed E-state index contributed by atoms with van der Waals surface area (Å²) in [6, 6.07) is 72.2. The number of hydrogen-bond acceptors (Lipinski definition) is 2. The van der Waals surface area contributed by atoms with Crippen LogP contribution in [-0.2, 0) is 9.13 Å². The molecule has 2 aliphatic heterocycles. The predicted molar refractivity (Wildman–Crippen MR) is 234 cm³/mol. The normalized spacial score (nSPS) is 15.1. The zero-order valence-electron chi connectivity index (χ0n) is 30.3. The van der Waals surface area contributed by atoms with E-state index in [4.69, 9.17) is 0 Å². The fourth-order valence-corrected chi connectivity index (χ4v) is 14.0. The summed E-state index contributed by atoms with van der Waals surface area (Å²) in [4.78, 5) is 0. The number of anilines is 8. The molecule has 2 aliphatic rings. The van der Waals surface area contributed by atoms with Gasteiger partial charge in [0.05, 0.1) is 33.4 Å². The first-order chi connectivity index (χ1) is 27.6. The number of nitrogens with zero attached hydrogens (tertiary/aromatic N) is 4. The van der Waals surface area contributed by atoms with Gasteiger partial charge in [0.1, 0.15) is 0 Å². The molecule has 0 radical (unpaired) electrons. The molecular formula is C48H36N4O2P2. The maximum absolute atomic E-state index is 16.0. The molecule has 8 aromatic rings. The molecular weight excluding hydrogens is 727 g/mol. The topological polar surface area (TPSA) is 47.1 Å². The number of para-hydroxylation sites is 8.